The first kappa shape index (κ1) is 12.7. The molecule has 0 aromatic heterocycles. The summed E-state index contributed by atoms with van der Waals surface area (Å²) in [5.41, 5.74) is 0.0807. The summed E-state index contributed by atoms with van der Waals surface area (Å²) in [6, 6.07) is 6.08. The van der Waals surface area contributed by atoms with Crippen LogP contribution >= 0.6 is 0 Å². The smallest absolute Gasteiger partial charge is 0.344 e. The maximum absolute atomic E-state index is 11.5. The molecule has 1 aromatic carbocycles. The first-order valence-corrected chi connectivity index (χ1v) is 4.65. The van der Waals surface area contributed by atoms with Crippen LogP contribution in [0.25, 0.3) is 0 Å². The highest BCUT2D eigenvalue weighted by Gasteiger charge is 2.14. The van der Waals surface area contributed by atoms with Crippen LogP contribution in [0.3, 0.4) is 0 Å². The van der Waals surface area contributed by atoms with Gasteiger partial charge >= 0.3 is 11.9 Å². The van der Waals surface area contributed by atoms with E-state index in [9.17, 15) is 14.4 Å². The summed E-state index contributed by atoms with van der Waals surface area (Å²) in [6.07, 6.45) is 0. The molecule has 0 aliphatic heterocycles. The van der Waals surface area contributed by atoms with Gasteiger partial charge in [0.1, 0.15) is 11.3 Å². The van der Waals surface area contributed by atoms with E-state index in [0.717, 1.165) is 0 Å². The number of hydrogen-bond acceptors (Lipinski definition) is 6. The summed E-state index contributed by atoms with van der Waals surface area (Å²) < 4.78 is 13.6. The topological polar surface area (TPSA) is 78.9 Å². The van der Waals surface area contributed by atoms with E-state index in [1.807, 2.05) is 0 Å². The minimum Gasteiger partial charge on any atom is -0.430 e. The maximum Gasteiger partial charge on any atom is 0.344 e. The lowest BCUT2D eigenvalue weighted by atomic mass is 10.2. The van der Waals surface area contributed by atoms with Gasteiger partial charge in [-0.05, 0) is 12.1 Å². The Kier molecular flexibility index (Phi) is 4.68. The van der Waals surface area contributed by atoms with Crippen molar-refractivity contribution in [1.29, 1.82) is 0 Å². The average molecular weight is 238 g/mol. The first-order valence-electron chi connectivity index (χ1n) is 4.65. The third kappa shape index (κ3) is 3.94. The second-order valence-electron chi connectivity index (χ2n) is 2.90. The number of benzene rings is 1. The van der Waals surface area contributed by atoms with Crippen molar-refractivity contribution in [3.63, 3.8) is 0 Å². The maximum atomic E-state index is 11.5. The SMILES string of the molecule is CC(=O)Oc1ccccc1C(=O)OCOC=O. The van der Waals surface area contributed by atoms with Crippen LogP contribution in [-0.4, -0.2) is 25.2 Å². The number of para-hydroxylation sites is 1. The van der Waals surface area contributed by atoms with Crippen LogP contribution in [0.4, 0.5) is 0 Å². The molecule has 0 amide bonds. The molecule has 0 bridgehead atoms. The van der Waals surface area contributed by atoms with E-state index in [1.165, 1.54) is 19.1 Å². The van der Waals surface area contributed by atoms with Crippen LogP contribution in [0, 0.1) is 0 Å². The van der Waals surface area contributed by atoms with Crippen molar-refractivity contribution < 1.29 is 28.6 Å². The molecule has 0 radical (unpaired) electrons. The molecule has 0 N–H and O–H groups in total. The number of ether oxygens (including phenoxy) is 3. The Bertz CT molecular complexity index is 426. The van der Waals surface area contributed by atoms with Gasteiger partial charge in [-0.3, -0.25) is 9.59 Å². The number of carbonyl (C=O) groups excluding carboxylic acids is 3. The van der Waals surface area contributed by atoms with Crippen molar-refractivity contribution >= 4 is 18.4 Å². The lowest BCUT2D eigenvalue weighted by Gasteiger charge is -2.07. The molecular formula is C11H10O6. The third-order valence-corrected chi connectivity index (χ3v) is 1.69. The summed E-state index contributed by atoms with van der Waals surface area (Å²) in [7, 11) is 0. The summed E-state index contributed by atoms with van der Waals surface area (Å²) >= 11 is 0. The Morgan fingerprint density at radius 2 is 2.00 bits per heavy atom. The van der Waals surface area contributed by atoms with E-state index in [0.29, 0.717) is 0 Å². The Labute approximate surface area is 97.1 Å². The molecule has 0 aliphatic rings. The van der Waals surface area contributed by atoms with Gasteiger partial charge in [0, 0.05) is 6.92 Å². The summed E-state index contributed by atoms with van der Waals surface area (Å²) in [4.78, 5) is 32.2. The Morgan fingerprint density at radius 1 is 1.29 bits per heavy atom. The van der Waals surface area contributed by atoms with E-state index in [2.05, 4.69) is 9.47 Å². The molecule has 0 heterocycles. The van der Waals surface area contributed by atoms with Crippen LogP contribution in [0.1, 0.15) is 17.3 Å². The van der Waals surface area contributed by atoms with Gasteiger partial charge in [0.25, 0.3) is 6.47 Å². The monoisotopic (exact) mass is 238 g/mol. The van der Waals surface area contributed by atoms with Gasteiger partial charge in [-0.2, -0.15) is 0 Å². The van der Waals surface area contributed by atoms with E-state index in [1.54, 1.807) is 12.1 Å². The van der Waals surface area contributed by atoms with Crippen LogP contribution in [-0.2, 0) is 19.1 Å². The molecule has 17 heavy (non-hydrogen) atoms. The van der Waals surface area contributed by atoms with E-state index < -0.39 is 18.7 Å². The van der Waals surface area contributed by atoms with Crippen LogP contribution in [0.15, 0.2) is 24.3 Å². The lowest BCUT2D eigenvalue weighted by molar-refractivity contribution is -0.136. The second kappa shape index (κ2) is 6.26. The molecule has 1 rings (SSSR count). The molecule has 0 spiro atoms. The zero-order chi connectivity index (χ0) is 12.7. The van der Waals surface area contributed by atoms with Gasteiger partial charge in [0.2, 0.25) is 6.79 Å². The molecule has 0 atom stereocenters. The summed E-state index contributed by atoms with van der Waals surface area (Å²) in [5.74, 6) is -1.20. The number of esters is 2. The van der Waals surface area contributed by atoms with Crippen LogP contribution in [0.2, 0.25) is 0 Å². The van der Waals surface area contributed by atoms with Crippen molar-refractivity contribution in [2.24, 2.45) is 0 Å². The molecular weight excluding hydrogens is 228 g/mol. The van der Waals surface area contributed by atoms with Crippen LogP contribution in [0.5, 0.6) is 5.75 Å². The highest BCUT2D eigenvalue weighted by atomic mass is 16.7. The minimum absolute atomic E-state index is 0.0807. The average Bonchev–Trinajstić information content (AvgIpc) is 2.29. The lowest BCUT2D eigenvalue weighted by Crippen LogP contribution is -2.11. The Morgan fingerprint density at radius 3 is 2.65 bits per heavy atom. The normalized spacial score (nSPS) is 9.24. The van der Waals surface area contributed by atoms with Gasteiger partial charge in [0.15, 0.2) is 0 Å². The van der Waals surface area contributed by atoms with E-state index in [4.69, 9.17) is 4.74 Å². The third-order valence-electron chi connectivity index (χ3n) is 1.69. The number of rotatable bonds is 5. The largest absolute Gasteiger partial charge is 0.430 e. The van der Waals surface area contributed by atoms with Gasteiger partial charge in [-0.15, -0.1) is 0 Å². The number of carbonyl (C=O) groups is 3. The van der Waals surface area contributed by atoms with Crippen molar-refractivity contribution in [3.05, 3.63) is 29.8 Å². The summed E-state index contributed by atoms with van der Waals surface area (Å²) in [5, 5.41) is 0. The molecule has 6 heteroatoms. The first-order chi connectivity index (χ1) is 8.15. The fraction of sp³-hybridized carbons (Fsp3) is 0.182. The van der Waals surface area contributed by atoms with Crippen LogP contribution < -0.4 is 4.74 Å². The Balaban J connectivity index is 2.77. The van der Waals surface area contributed by atoms with Gasteiger partial charge in [-0.25, -0.2) is 4.79 Å². The van der Waals surface area contributed by atoms with Crippen molar-refractivity contribution in [3.8, 4) is 5.75 Å². The van der Waals surface area contributed by atoms with E-state index in [-0.39, 0.29) is 17.8 Å². The molecule has 6 nitrogen and oxygen atoms in total. The van der Waals surface area contributed by atoms with Crippen molar-refractivity contribution in [2.45, 2.75) is 6.92 Å². The van der Waals surface area contributed by atoms with Gasteiger partial charge in [-0.1, -0.05) is 12.1 Å². The Hall–Kier alpha value is -2.37. The molecule has 1 aromatic rings. The minimum atomic E-state index is -0.747. The van der Waals surface area contributed by atoms with E-state index >= 15 is 0 Å². The molecule has 0 aliphatic carbocycles. The number of hydrogen-bond donors (Lipinski definition) is 0. The predicted molar refractivity (Wildman–Crippen MR) is 55.2 cm³/mol. The van der Waals surface area contributed by atoms with Crippen molar-refractivity contribution in [1.82, 2.24) is 0 Å². The molecule has 0 saturated heterocycles. The zero-order valence-corrected chi connectivity index (χ0v) is 9.04. The fourth-order valence-electron chi connectivity index (χ4n) is 1.07. The standard InChI is InChI=1S/C11H10O6/c1-8(13)17-10-5-3-2-4-9(10)11(14)16-7-15-6-12/h2-6H,7H2,1H3. The fourth-order valence-corrected chi connectivity index (χ4v) is 1.07. The van der Waals surface area contributed by atoms with Gasteiger partial charge in [0.05, 0.1) is 0 Å². The second-order valence-corrected chi connectivity index (χ2v) is 2.90. The molecule has 0 fully saturated rings. The van der Waals surface area contributed by atoms with Crippen molar-refractivity contribution in [2.75, 3.05) is 6.79 Å². The summed E-state index contributed by atoms with van der Waals surface area (Å²) in [6.45, 7) is 0.888. The molecule has 0 unspecified atom stereocenters. The predicted octanol–water partition coefficient (Wildman–Crippen LogP) is 0.899. The zero-order valence-electron chi connectivity index (χ0n) is 9.04. The highest BCUT2D eigenvalue weighted by Crippen LogP contribution is 2.19. The van der Waals surface area contributed by atoms with Gasteiger partial charge < -0.3 is 14.2 Å². The highest BCUT2D eigenvalue weighted by molar-refractivity contribution is 5.93. The molecule has 0 saturated carbocycles. The molecule has 90 valence electrons. The quantitative estimate of drug-likeness (QED) is 0.249.